The predicted octanol–water partition coefficient (Wildman–Crippen LogP) is 3.97. The molecule has 2 nitrogen and oxygen atoms in total. The van der Waals surface area contributed by atoms with E-state index in [1.54, 1.807) is 0 Å². The minimum atomic E-state index is 0.0371. The number of halogens is 2. The molecule has 1 aliphatic rings. The molecule has 0 aromatic heterocycles. The van der Waals surface area contributed by atoms with Crippen LogP contribution in [-0.4, -0.2) is 11.9 Å². The van der Waals surface area contributed by atoms with Gasteiger partial charge >= 0.3 is 0 Å². The van der Waals surface area contributed by atoms with Crippen molar-refractivity contribution in [3.05, 3.63) is 31.8 Å². The molecule has 1 saturated carbocycles. The summed E-state index contributed by atoms with van der Waals surface area (Å²) in [7, 11) is 0. The third kappa shape index (κ3) is 3.22. The fourth-order valence-corrected chi connectivity index (χ4v) is 2.96. The molecule has 0 bridgehead atoms. The van der Waals surface area contributed by atoms with E-state index >= 15 is 0 Å². The number of nitrogens with one attached hydrogen (secondary N) is 1. The molecular formula is C13H15BrINO. The molecule has 1 atom stereocenters. The lowest BCUT2D eigenvalue weighted by Gasteiger charge is -2.32. The van der Waals surface area contributed by atoms with Gasteiger partial charge in [0.1, 0.15) is 0 Å². The fourth-order valence-electron chi connectivity index (χ4n) is 2.01. The average molecular weight is 408 g/mol. The van der Waals surface area contributed by atoms with Gasteiger partial charge in [0.2, 0.25) is 0 Å². The van der Waals surface area contributed by atoms with Gasteiger partial charge in [-0.1, -0.05) is 22.4 Å². The Morgan fingerprint density at radius 3 is 2.82 bits per heavy atom. The molecule has 0 heterocycles. The highest BCUT2D eigenvalue weighted by atomic mass is 127. The summed E-state index contributed by atoms with van der Waals surface area (Å²) in [4.78, 5) is 12.1. The lowest BCUT2D eigenvalue weighted by atomic mass is 9.80. The lowest BCUT2D eigenvalue weighted by molar-refractivity contribution is 0.0908. The van der Waals surface area contributed by atoms with Crippen LogP contribution in [0.25, 0.3) is 0 Å². The van der Waals surface area contributed by atoms with E-state index in [-0.39, 0.29) is 11.9 Å². The summed E-state index contributed by atoms with van der Waals surface area (Å²) in [6, 6.07) is 6.07. The molecule has 1 aromatic rings. The van der Waals surface area contributed by atoms with Gasteiger partial charge in [0.05, 0.1) is 5.56 Å². The maximum absolute atomic E-state index is 12.1. The zero-order valence-electron chi connectivity index (χ0n) is 9.67. The maximum atomic E-state index is 12.1. The van der Waals surface area contributed by atoms with Gasteiger partial charge in [-0.05, 0) is 66.5 Å². The first-order valence-corrected chi connectivity index (χ1v) is 7.71. The van der Waals surface area contributed by atoms with Crippen LogP contribution in [0.15, 0.2) is 22.7 Å². The molecule has 1 N–H and O–H groups in total. The third-order valence-corrected chi connectivity index (χ3v) is 4.82. The Kier molecular flexibility index (Phi) is 4.47. The van der Waals surface area contributed by atoms with Crippen molar-refractivity contribution in [2.75, 3.05) is 0 Å². The molecule has 1 fully saturated rings. The SMILES string of the molecule is CC(NC(=O)c1cc(Br)ccc1I)C1CCC1. The number of rotatable bonds is 3. The van der Waals surface area contributed by atoms with E-state index < -0.39 is 0 Å². The summed E-state index contributed by atoms with van der Waals surface area (Å²) in [5.74, 6) is 0.707. The van der Waals surface area contributed by atoms with E-state index in [2.05, 4.69) is 50.8 Å². The molecule has 0 saturated heterocycles. The van der Waals surface area contributed by atoms with Crippen molar-refractivity contribution < 1.29 is 4.79 Å². The van der Waals surface area contributed by atoms with Crippen LogP contribution in [0.5, 0.6) is 0 Å². The topological polar surface area (TPSA) is 29.1 Å². The van der Waals surface area contributed by atoms with Crippen LogP contribution >= 0.6 is 38.5 Å². The summed E-state index contributed by atoms with van der Waals surface area (Å²) in [5, 5.41) is 3.10. The monoisotopic (exact) mass is 407 g/mol. The van der Waals surface area contributed by atoms with Crippen LogP contribution < -0.4 is 5.32 Å². The normalized spacial score (nSPS) is 17.4. The van der Waals surface area contributed by atoms with E-state index in [4.69, 9.17) is 0 Å². The minimum Gasteiger partial charge on any atom is -0.349 e. The highest BCUT2D eigenvalue weighted by Gasteiger charge is 2.25. The summed E-state index contributed by atoms with van der Waals surface area (Å²) in [6.45, 7) is 2.10. The van der Waals surface area contributed by atoms with E-state index in [1.807, 2.05) is 18.2 Å². The molecule has 92 valence electrons. The maximum Gasteiger partial charge on any atom is 0.252 e. The van der Waals surface area contributed by atoms with Crippen molar-refractivity contribution in [3.63, 3.8) is 0 Å². The molecule has 1 amide bonds. The van der Waals surface area contributed by atoms with Gasteiger partial charge in [-0.2, -0.15) is 0 Å². The second kappa shape index (κ2) is 5.69. The van der Waals surface area contributed by atoms with Gasteiger partial charge in [-0.25, -0.2) is 0 Å². The first-order valence-electron chi connectivity index (χ1n) is 5.84. The lowest BCUT2D eigenvalue weighted by Crippen LogP contribution is -2.40. The predicted molar refractivity (Wildman–Crippen MR) is 81.1 cm³/mol. The first-order chi connectivity index (χ1) is 8.08. The van der Waals surface area contributed by atoms with Crippen molar-refractivity contribution in [2.45, 2.75) is 32.2 Å². The number of carbonyl (C=O) groups is 1. The Hall–Kier alpha value is -0.100. The third-order valence-electron chi connectivity index (χ3n) is 3.39. The van der Waals surface area contributed by atoms with Gasteiger partial charge in [0.15, 0.2) is 0 Å². The van der Waals surface area contributed by atoms with Crippen molar-refractivity contribution in [1.29, 1.82) is 0 Å². The van der Waals surface area contributed by atoms with Crippen LogP contribution in [0.4, 0.5) is 0 Å². The van der Waals surface area contributed by atoms with E-state index in [1.165, 1.54) is 19.3 Å². The zero-order chi connectivity index (χ0) is 12.4. The molecule has 1 aromatic carbocycles. The molecule has 1 unspecified atom stereocenters. The molecule has 4 heteroatoms. The van der Waals surface area contributed by atoms with Crippen molar-refractivity contribution in [3.8, 4) is 0 Å². The highest BCUT2D eigenvalue weighted by Crippen LogP contribution is 2.29. The second-order valence-corrected chi connectivity index (χ2v) is 6.66. The van der Waals surface area contributed by atoms with Gasteiger partial charge < -0.3 is 5.32 Å². The first kappa shape index (κ1) is 13.3. The Balaban J connectivity index is 2.05. The van der Waals surface area contributed by atoms with Gasteiger partial charge in [-0.3, -0.25) is 4.79 Å². The molecule has 1 aliphatic carbocycles. The fraction of sp³-hybridized carbons (Fsp3) is 0.462. The Bertz CT molecular complexity index is 431. The number of benzene rings is 1. The van der Waals surface area contributed by atoms with Crippen LogP contribution in [-0.2, 0) is 0 Å². The summed E-state index contributed by atoms with van der Waals surface area (Å²) in [6.07, 6.45) is 3.80. The zero-order valence-corrected chi connectivity index (χ0v) is 13.4. The second-order valence-electron chi connectivity index (χ2n) is 4.58. The summed E-state index contributed by atoms with van der Waals surface area (Å²) >= 11 is 5.60. The molecule has 17 heavy (non-hydrogen) atoms. The molecule has 0 aliphatic heterocycles. The summed E-state index contributed by atoms with van der Waals surface area (Å²) in [5.41, 5.74) is 0.756. The molecule has 0 radical (unpaired) electrons. The number of carbonyl (C=O) groups excluding carboxylic acids is 1. The number of hydrogen-bond donors (Lipinski definition) is 1. The highest BCUT2D eigenvalue weighted by molar-refractivity contribution is 14.1. The molecule has 2 rings (SSSR count). The van der Waals surface area contributed by atoms with E-state index in [0.717, 1.165) is 13.6 Å². The largest absolute Gasteiger partial charge is 0.349 e. The van der Waals surface area contributed by atoms with E-state index in [0.29, 0.717) is 5.92 Å². The summed E-state index contributed by atoms with van der Waals surface area (Å²) < 4.78 is 1.93. The smallest absolute Gasteiger partial charge is 0.252 e. The Morgan fingerprint density at radius 2 is 2.24 bits per heavy atom. The number of hydrogen-bond acceptors (Lipinski definition) is 1. The molecular weight excluding hydrogens is 393 g/mol. The Morgan fingerprint density at radius 1 is 1.53 bits per heavy atom. The number of amides is 1. The van der Waals surface area contributed by atoms with Crippen LogP contribution in [0.3, 0.4) is 0 Å². The van der Waals surface area contributed by atoms with Crippen LogP contribution in [0.1, 0.15) is 36.5 Å². The average Bonchev–Trinajstić information content (AvgIpc) is 2.18. The van der Waals surface area contributed by atoms with Crippen LogP contribution in [0.2, 0.25) is 0 Å². The standard InChI is InChI=1S/C13H15BrINO/c1-8(9-3-2-4-9)16-13(17)11-7-10(14)5-6-12(11)15/h5-9H,2-4H2,1H3,(H,16,17). The van der Waals surface area contributed by atoms with Crippen molar-refractivity contribution in [2.24, 2.45) is 5.92 Å². The van der Waals surface area contributed by atoms with Crippen LogP contribution in [0, 0.1) is 9.49 Å². The van der Waals surface area contributed by atoms with Gasteiger partial charge in [0.25, 0.3) is 5.91 Å². The quantitative estimate of drug-likeness (QED) is 0.754. The molecule has 0 spiro atoms. The van der Waals surface area contributed by atoms with Gasteiger partial charge in [-0.15, -0.1) is 0 Å². The van der Waals surface area contributed by atoms with Crippen molar-refractivity contribution >= 4 is 44.4 Å². The van der Waals surface area contributed by atoms with Gasteiger partial charge in [0, 0.05) is 14.1 Å². The van der Waals surface area contributed by atoms with E-state index in [9.17, 15) is 4.79 Å². The Labute approximate surface area is 124 Å². The minimum absolute atomic E-state index is 0.0371. The van der Waals surface area contributed by atoms with Crippen molar-refractivity contribution in [1.82, 2.24) is 5.32 Å².